The number of halogens is 3. The third kappa shape index (κ3) is 6.27. The molecule has 0 unspecified atom stereocenters. The summed E-state index contributed by atoms with van der Waals surface area (Å²) in [4.78, 5) is 25.5. The van der Waals surface area contributed by atoms with E-state index in [0.29, 0.717) is 17.1 Å². The zero-order valence-corrected chi connectivity index (χ0v) is 19.5. The Labute approximate surface area is 202 Å². The van der Waals surface area contributed by atoms with E-state index in [9.17, 15) is 18.0 Å². The summed E-state index contributed by atoms with van der Waals surface area (Å²) in [7, 11) is 3.94. The number of rotatable bonds is 6. The second-order valence-corrected chi connectivity index (χ2v) is 8.62. The van der Waals surface area contributed by atoms with Crippen LogP contribution < -0.4 is 10.6 Å². The van der Waals surface area contributed by atoms with Crippen molar-refractivity contribution in [3.05, 3.63) is 71.9 Å². The van der Waals surface area contributed by atoms with Gasteiger partial charge in [-0.3, -0.25) is 4.79 Å². The molecule has 0 radical (unpaired) electrons. The van der Waals surface area contributed by atoms with Gasteiger partial charge in [-0.05, 0) is 81.5 Å². The Balaban J connectivity index is 1.39. The van der Waals surface area contributed by atoms with Crippen molar-refractivity contribution >= 4 is 29.0 Å². The van der Waals surface area contributed by atoms with Gasteiger partial charge < -0.3 is 20.4 Å². The van der Waals surface area contributed by atoms with Crippen LogP contribution in [0, 0.1) is 0 Å². The molecule has 0 saturated carbocycles. The molecule has 10 heteroatoms. The molecule has 1 aliphatic heterocycles. The fraction of sp³-hybridized carbons (Fsp3) is 0.320. The summed E-state index contributed by atoms with van der Waals surface area (Å²) in [6, 6.07) is 13.7. The van der Waals surface area contributed by atoms with E-state index < -0.39 is 11.7 Å². The third-order valence-electron chi connectivity index (χ3n) is 6.06. The van der Waals surface area contributed by atoms with Crippen molar-refractivity contribution in [2.75, 3.05) is 37.8 Å². The van der Waals surface area contributed by atoms with Crippen LogP contribution in [0.15, 0.2) is 60.8 Å². The Hall–Kier alpha value is -3.66. The molecule has 2 aromatic carbocycles. The highest BCUT2D eigenvalue weighted by Crippen LogP contribution is 2.31. The van der Waals surface area contributed by atoms with Gasteiger partial charge in [-0.25, -0.2) is 4.98 Å². The number of nitrogens with zero attached hydrogens (tertiary/aromatic N) is 4. The molecule has 1 aromatic heterocycles. The van der Waals surface area contributed by atoms with Gasteiger partial charge in [0.25, 0.3) is 5.91 Å². The highest BCUT2D eigenvalue weighted by atomic mass is 19.4. The fourth-order valence-corrected chi connectivity index (χ4v) is 3.99. The molecule has 1 amide bonds. The van der Waals surface area contributed by atoms with Crippen LogP contribution in [0.2, 0.25) is 0 Å². The largest absolute Gasteiger partial charge is 0.416 e. The minimum absolute atomic E-state index is 0.0189. The van der Waals surface area contributed by atoms with E-state index in [-0.39, 0.29) is 23.6 Å². The van der Waals surface area contributed by atoms with E-state index >= 15 is 0 Å². The molecule has 3 aromatic rings. The lowest BCUT2D eigenvalue weighted by atomic mass is 10.0. The van der Waals surface area contributed by atoms with Gasteiger partial charge in [0.2, 0.25) is 5.95 Å². The first-order valence-corrected chi connectivity index (χ1v) is 11.3. The number of anilines is 4. The van der Waals surface area contributed by atoms with Crippen molar-refractivity contribution in [3.8, 4) is 0 Å². The maximum absolute atomic E-state index is 13.0. The van der Waals surface area contributed by atoms with Crippen LogP contribution in [0.4, 0.5) is 36.3 Å². The second kappa shape index (κ2) is 10.3. The molecule has 0 bridgehead atoms. The number of carbonyl (C=O) groups excluding carboxylic acids is 1. The average Bonchev–Trinajstić information content (AvgIpc) is 2.84. The van der Waals surface area contributed by atoms with Gasteiger partial charge in [0.05, 0.1) is 5.56 Å². The molecule has 0 atom stereocenters. The molecule has 1 aliphatic rings. The molecular formula is C25H27F3N6O. The number of piperidine rings is 1. The molecule has 0 spiro atoms. The van der Waals surface area contributed by atoms with Crippen molar-refractivity contribution in [2.24, 2.45) is 0 Å². The molecule has 2 N–H and O–H groups in total. The van der Waals surface area contributed by atoms with E-state index in [1.54, 1.807) is 30.3 Å². The Morgan fingerprint density at radius 3 is 2.43 bits per heavy atom. The Morgan fingerprint density at radius 1 is 1.03 bits per heavy atom. The van der Waals surface area contributed by atoms with Crippen LogP contribution in [-0.2, 0) is 6.18 Å². The predicted octanol–water partition coefficient (Wildman–Crippen LogP) is 5.15. The standard InChI is InChI=1S/C25H27F3N6O/c1-33-14-11-21(12-15-33)34(2)23(35)17-6-8-19(9-7-17)31-24-29-13-10-22(32-24)30-20-5-3-4-18(16-20)25(26,27)28/h3-10,13,16,21H,11-12,14-15H2,1-2H3,(H2,29,30,31,32). The summed E-state index contributed by atoms with van der Waals surface area (Å²) in [5.74, 6) is 0.590. The Morgan fingerprint density at radius 2 is 1.74 bits per heavy atom. The lowest BCUT2D eigenvalue weighted by Gasteiger charge is -2.35. The van der Waals surface area contributed by atoms with Gasteiger partial charge in [-0.15, -0.1) is 0 Å². The van der Waals surface area contributed by atoms with E-state index in [0.717, 1.165) is 38.1 Å². The molecule has 4 rings (SSSR count). The number of hydrogen-bond donors (Lipinski definition) is 2. The smallest absolute Gasteiger partial charge is 0.340 e. The summed E-state index contributed by atoms with van der Waals surface area (Å²) in [5, 5.41) is 5.93. The number of benzene rings is 2. The third-order valence-corrected chi connectivity index (χ3v) is 6.06. The van der Waals surface area contributed by atoms with Crippen molar-refractivity contribution < 1.29 is 18.0 Å². The lowest BCUT2D eigenvalue weighted by Crippen LogP contribution is -2.44. The minimum atomic E-state index is -4.43. The summed E-state index contributed by atoms with van der Waals surface area (Å²) in [5.41, 5.74) is 0.796. The maximum atomic E-state index is 13.0. The van der Waals surface area contributed by atoms with E-state index in [4.69, 9.17) is 0 Å². The summed E-state index contributed by atoms with van der Waals surface area (Å²) < 4.78 is 38.9. The van der Waals surface area contributed by atoms with Crippen molar-refractivity contribution in [1.82, 2.24) is 19.8 Å². The van der Waals surface area contributed by atoms with Gasteiger partial charge >= 0.3 is 6.18 Å². The SMILES string of the molecule is CN1CCC(N(C)C(=O)c2ccc(Nc3nccc(Nc4cccc(C(F)(F)F)c4)n3)cc2)CC1. The second-order valence-electron chi connectivity index (χ2n) is 8.62. The highest BCUT2D eigenvalue weighted by molar-refractivity contribution is 5.94. The van der Waals surface area contributed by atoms with Crippen LogP contribution in [0.25, 0.3) is 0 Å². The zero-order chi connectivity index (χ0) is 25.0. The minimum Gasteiger partial charge on any atom is -0.340 e. The maximum Gasteiger partial charge on any atom is 0.416 e. The van der Waals surface area contributed by atoms with Gasteiger partial charge in [0.15, 0.2) is 0 Å². The Bertz CT molecular complexity index is 1160. The summed E-state index contributed by atoms with van der Waals surface area (Å²) in [6.07, 6.45) is -1.01. The first-order valence-electron chi connectivity index (χ1n) is 11.3. The molecule has 35 heavy (non-hydrogen) atoms. The normalized spacial score (nSPS) is 15.0. The molecule has 2 heterocycles. The average molecular weight is 485 g/mol. The first-order chi connectivity index (χ1) is 16.7. The number of nitrogens with one attached hydrogen (secondary N) is 2. The lowest BCUT2D eigenvalue weighted by molar-refractivity contribution is -0.137. The number of hydrogen-bond acceptors (Lipinski definition) is 6. The molecule has 0 aliphatic carbocycles. The number of carbonyl (C=O) groups is 1. The van der Waals surface area contributed by atoms with Gasteiger partial charge in [-0.2, -0.15) is 18.2 Å². The molecule has 1 fully saturated rings. The van der Waals surface area contributed by atoms with Crippen LogP contribution in [0.1, 0.15) is 28.8 Å². The van der Waals surface area contributed by atoms with Gasteiger partial charge in [0.1, 0.15) is 5.82 Å². The first kappa shape index (κ1) is 24.5. The van der Waals surface area contributed by atoms with Crippen LogP contribution in [0.5, 0.6) is 0 Å². The molecule has 184 valence electrons. The van der Waals surface area contributed by atoms with E-state index in [1.807, 2.05) is 11.9 Å². The summed E-state index contributed by atoms with van der Waals surface area (Å²) in [6.45, 7) is 1.96. The van der Waals surface area contributed by atoms with E-state index in [2.05, 4.69) is 32.5 Å². The molecular weight excluding hydrogens is 457 g/mol. The van der Waals surface area contributed by atoms with Gasteiger partial charge in [0, 0.05) is 36.2 Å². The number of likely N-dealkylation sites (tertiary alicyclic amines) is 1. The summed E-state index contributed by atoms with van der Waals surface area (Å²) >= 11 is 0. The topological polar surface area (TPSA) is 73.4 Å². The molecule has 7 nitrogen and oxygen atoms in total. The van der Waals surface area contributed by atoms with Crippen LogP contribution >= 0.6 is 0 Å². The monoisotopic (exact) mass is 484 g/mol. The number of amides is 1. The van der Waals surface area contributed by atoms with Crippen molar-refractivity contribution in [3.63, 3.8) is 0 Å². The predicted molar refractivity (Wildman–Crippen MR) is 129 cm³/mol. The van der Waals surface area contributed by atoms with Crippen LogP contribution in [0.3, 0.4) is 0 Å². The quantitative estimate of drug-likeness (QED) is 0.504. The van der Waals surface area contributed by atoms with Crippen molar-refractivity contribution in [2.45, 2.75) is 25.1 Å². The highest BCUT2D eigenvalue weighted by Gasteiger charge is 2.30. The number of aromatic nitrogens is 2. The molecule has 1 saturated heterocycles. The Kier molecular flexibility index (Phi) is 7.20. The van der Waals surface area contributed by atoms with Crippen LogP contribution in [-0.4, -0.2) is 58.9 Å². The fourth-order valence-electron chi connectivity index (χ4n) is 3.99. The van der Waals surface area contributed by atoms with E-state index in [1.165, 1.54) is 18.3 Å². The van der Waals surface area contributed by atoms with Gasteiger partial charge in [-0.1, -0.05) is 6.07 Å². The zero-order valence-electron chi connectivity index (χ0n) is 19.5. The number of alkyl halides is 3. The van der Waals surface area contributed by atoms with Crippen molar-refractivity contribution in [1.29, 1.82) is 0 Å².